The van der Waals surface area contributed by atoms with Gasteiger partial charge in [0.05, 0.1) is 0 Å². The summed E-state index contributed by atoms with van der Waals surface area (Å²) in [6.07, 6.45) is 7.03. The van der Waals surface area contributed by atoms with Crippen molar-refractivity contribution in [3.8, 4) is 0 Å². The number of hydrogen-bond donors (Lipinski definition) is 1. The standard InChI is InChI=1S/C13H28N2S/c1-3-16-12-6-9-14-10-11-15(2)13-7-4-5-8-13/h13-14H,3-12H2,1-2H3. The lowest BCUT2D eigenvalue weighted by Gasteiger charge is -2.23. The van der Waals surface area contributed by atoms with E-state index < -0.39 is 0 Å². The third-order valence-electron chi connectivity index (χ3n) is 3.44. The summed E-state index contributed by atoms with van der Waals surface area (Å²) in [5.74, 6) is 2.56. The predicted molar refractivity (Wildman–Crippen MR) is 75.4 cm³/mol. The quantitative estimate of drug-likeness (QED) is 0.628. The van der Waals surface area contributed by atoms with E-state index in [1.54, 1.807) is 0 Å². The average molecular weight is 244 g/mol. The van der Waals surface area contributed by atoms with Gasteiger partial charge in [0, 0.05) is 19.1 Å². The van der Waals surface area contributed by atoms with E-state index in [-0.39, 0.29) is 0 Å². The van der Waals surface area contributed by atoms with Gasteiger partial charge in [0.2, 0.25) is 0 Å². The van der Waals surface area contributed by atoms with E-state index in [9.17, 15) is 0 Å². The molecule has 1 saturated carbocycles. The third kappa shape index (κ3) is 6.12. The Morgan fingerprint density at radius 2 is 2.00 bits per heavy atom. The Kier molecular flexibility index (Phi) is 8.34. The largest absolute Gasteiger partial charge is 0.315 e. The third-order valence-corrected chi connectivity index (χ3v) is 4.42. The summed E-state index contributed by atoms with van der Waals surface area (Å²) in [4.78, 5) is 2.54. The molecule has 0 aromatic heterocycles. The first-order valence-corrected chi connectivity index (χ1v) is 7.98. The lowest BCUT2D eigenvalue weighted by molar-refractivity contribution is 0.246. The molecule has 0 aliphatic heterocycles. The monoisotopic (exact) mass is 244 g/mol. The molecule has 0 saturated heterocycles. The maximum Gasteiger partial charge on any atom is 0.0107 e. The highest BCUT2D eigenvalue weighted by Crippen LogP contribution is 2.21. The summed E-state index contributed by atoms with van der Waals surface area (Å²) in [5, 5.41) is 3.54. The first-order chi connectivity index (χ1) is 7.84. The lowest BCUT2D eigenvalue weighted by Crippen LogP contribution is -2.35. The van der Waals surface area contributed by atoms with Crippen molar-refractivity contribution in [2.45, 2.75) is 45.1 Å². The fourth-order valence-corrected chi connectivity index (χ4v) is 2.99. The molecule has 0 spiro atoms. The number of thioether (sulfide) groups is 1. The summed E-state index contributed by atoms with van der Waals surface area (Å²) in [5.41, 5.74) is 0. The molecule has 1 N–H and O–H groups in total. The van der Waals surface area contributed by atoms with Crippen LogP contribution < -0.4 is 5.32 Å². The Morgan fingerprint density at radius 3 is 2.69 bits per heavy atom. The van der Waals surface area contributed by atoms with Gasteiger partial charge < -0.3 is 10.2 Å². The van der Waals surface area contributed by atoms with Crippen molar-refractivity contribution in [2.75, 3.05) is 38.2 Å². The van der Waals surface area contributed by atoms with E-state index in [1.165, 1.54) is 56.7 Å². The van der Waals surface area contributed by atoms with Crippen molar-refractivity contribution in [1.29, 1.82) is 0 Å². The minimum absolute atomic E-state index is 0.873. The van der Waals surface area contributed by atoms with Gasteiger partial charge >= 0.3 is 0 Å². The van der Waals surface area contributed by atoms with Gasteiger partial charge in [-0.25, -0.2) is 0 Å². The summed E-state index contributed by atoms with van der Waals surface area (Å²) in [7, 11) is 2.28. The second-order valence-electron chi connectivity index (χ2n) is 4.72. The summed E-state index contributed by atoms with van der Waals surface area (Å²) < 4.78 is 0. The zero-order valence-corrected chi connectivity index (χ0v) is 11.8. The van der Waals surface area contributed by atoms with E-state index in [0.29, 0.717) is 0 Å². The van der Waals surface area contributed by atoms with Crippen molar-refractivity contribution in [3.05, 3.63) is 0 Å². The van der Waals surface area contributed by atoms with Crippen LogP contribution in [0.2, 0.25) is 0 Å². The van der Waals surface area contributed by atoms with Gasteiger partial charge in [-0.05, 0) is 44.4 Å². The normalized spacial score (nSPS) is 17.4. The molecule has 0 unspecified atom stereocenters. The molecule has 0 aromatic carbocycles. The van der Waals surface area contributed by atoms with Gasteiger partial charge in [-0.3, -0.25) is 0 Å². The molecule has 0 amide bonds. The van der Waals surface area contributed by atoms with Gasteiger partial charge in [-0.1, -0.05) is 19.8 Å². The fourth-order valence-electron chi connectivity index (χ4n) is 2.35. The Morgan fingerprint density at radius 1 is 1.25 bits per heavy atom. The maximum absolute atomic E-state index is 3.54. The zero-order valence-electron chi connectivity index (χ0n) is 11.0. The molecule has 0 aromatic rings. The van der Waals surface area contributed by atoms with Crippen molar-refractivity contribution in [3.63, 3.8) is 0 Å². The first-order valence-electron chi connectivity index (χ1n) is 6.83. The van der Waals surface area contributed by atoms with E-state index in [4.69, 9.17) is 0 Å². The number of nitrogens with one attached hydrogen (secondary N) is 1. The molecular weight excluding hydrogens is 216 g/mol. The second kappa shape index (κ2) is 9.32. The molecule has 2 nitrogen and oxygen atoms in total. The van der Waals surface area contributed by atoms with Crippen LogP contribution in [0.15, 0.2) is 0 Å². The van der Waals surface area contributed by atoms with Crippen LogP contribution in [0.3, 0.4) is 0 Å². The van der Waals surface area contributed by atoms with E-state index >= 15 is 0 Å². The molecule has 1 aliphatic rings. The number of hydrogen-bond acceptors (Lipinski definition) is 3. The van der Waals surface area contributed by atoms with Crippen LogP contribution in [-0.2, 0) is 0 Å². The van der Waals surface area contributed by atoms with Gasteiger partial charge in [0.1, 0.15) is 0 Å². The van der Waals surface area contributed by atoms with Crippen molar-refractivity contribution in [2.24, 2.45) is 0 Å². The van der Waals surface area contributed by atoms with E-state index in [1.807, 2.05) is 11.8 Å². The van der Waals surface area contributed by atoms with Crippen LogP contribution in [0, 0.1) is 0 Å². The molecule has 0 heterocycles. The molecule has 0 atom stereocenters. The van der Waals surface area contributed by atoms with E-state index in [0.717, 1.165) is 12.6 Å². The SMILES string of the molecule is CCSCCCNCCN(C)C1CCCC1. The number of likely N-dealkylation sites (N-methyl/N-ethyl adjacent to an activating group) is 1. The average Bonchev–Trinajstić information content (AvgIpc) is 2.81. The van der Waals surface area contributed by atoms with Gasteiger partial charge in [-0.15, -0.1) is 0 Å². The number of rotatable bonds is 9. The lowest BCUT2D eigenvalue weighted by atomic mass is 10.2. The second-order valence-corrected chi connectivity index (χ2v) is 6.11. The van der Waals surface area contributed by atoms with Crippen LogP contribution in [0.1, 0.15) is 39.0 Å². The van der Waals surface area contributed by atoms with Crippen LogP contribution >= 0.6 is 11.8 Å². The van der Waals surface area contributed by atoms with Gasteiger partial charge in [0.15, 0.2) is 0 Å². The Labute approximate surface area is 106 Å². The van der Waals surface area contributed by atoms with Crippen molar-refractivity contribution >= 4 is 11.8 Å². The molecule has 0 radical (unpaired) electrons. The summed E-state index contributed by atoms with van der Waals surface area (Å²) in [6.45, 7) is 5.79. The Bertz CT molecular complexity index is 158. The van der Waals surface area contributed by atoms with Gasteiger partial charge in [-0.2, -0.15) is 11.8 Å². The molecular formula is C13H28N2S. The molecule has 0 bridgehead atoms. The van der Waals surface area contributed by atoms with Crippen LogP contribution in [0.4, 0.5) is 0 Å². The predicted octanol–water partition coefficient (Wildman–Crippen LogP) is 2.59. The van der Waals surface area contributed by atoms with Gasteiger partial charge in [0.25, 0.3) is 0 Å². The van der Waals surface area contributed by atoms with Crippen molar-refractivity contribution in [1.82, 2.24) is 10.2 Å². The highest BCUT2D eigenvalue weighted by Gasteiger charge is 2.18. The molecule has 1 fully saturated rings. The number of nitrogens with zero attached hydrogens (tertiary/aromatic N) is 1. The van der Waals surface area contributed by atoms with Crippen LogP contribution in [0.5, 0.6) is 0 Å². The zero-order chi connectivity index (χ0) is 11.6. The topological polar surface area (TPSA) is 15.3 Å². The minimum Gasteiger partial charge on any atom is -0.315 e. The Balaban J connectivity index is 1.86. The molecule has 1 aliphatic carbocycles. The highest BCUT2D eigenvalue weighted by atomic mass is 32.2. The fraction of sp³-hybridized carbons (Fsp3) is 1.00. The van der Waals surface area contributed by atoms with Crippen LogP contribution in [-0.4, -0.2) is 49.1 Å². The van der Waals surface area contributed by atoms with Crippen molar-refractivity contribution < 1.29 is 0 Å². The van der Waals surface area contributed by atoms with Crippen LogP contribution in [0.25, 0.3) is 0 Å². The smallest absolute Gasteiger partial charge is 0.0107 e. The molecule has 1 rings (SSSR count). The molecule has 3 heteroatoms. The summed E-state index contributed by atoms with van der Waals surface area (Å²) in [6, 6.07) is 0.873. The maximum atomic E-state index is 3.54. The Hall–Kier alpha value is 0.270. The highest BCUT2D eigenvalue weighted by molar-refractivity contribution is 7.99. The minimum atomic E-state index is 0.873. The molecule has 96 valence electrons. The molecule has 16 heavy (non-hydrogen) atoms. The van der Waals surface area contributed by atoms with E-state index in [2.05, 4.69) is 24.2 Å². The summed E-state index contributed by atoms with van der Waals surface area (Å²) >= 11 is 2.04. The first kappa shape index (κ1) is 14.3.